The summed E-state index contributed by atoms with van der Waals surface area (Å²) in [5, 5.41) is 22.4. The molecule has 2 aliphatic heterocycles. The first-order valence-corrected chi connectivity index (χ1v) is 10.6. The number of nitrogens with one attached hydrogen (secondary N) is 1. The van der Waals surface area contributed by atoms with Crippen molar-refractivity contribution in [2.75, 3.05) is 0 Å². The van der Waals surface area contributed by atoms with Crippen molar-refractivity contribution in [3.8, 4) is 22.7 Å². The van der Waals surface area contributed by atoms with Crippen molar-refractivity contribution in [3.63, 3.8) is 0 Å². The van der Waals surface area contributed by atoms with E-state index in [2.05, 4.69) is 32.1 Å². The van der Waals surface area contributed by atoms with E-state index in [0.29, 0.717) is 35.1 Å². The quantitative estimate of drug-likeness (QED) is 0.669. The van der Waals surface area contributed by atoms with Gasteiger partial charge in [-0.05, 0) is 50.3 Å². The van der Waals surface area contributed by atoms with Gasteiger partial charge in [-0.1, -0.05) is 6.58 Å². The first-order valence-electron chi connectivity index (χ1n) is 10.6. The van der Waals surface area contributed by atoms with Crippen LogP contribution in [0.25, 0.3) is 22.5 Å². The minimum Gasteiger partial charge on any atom is -0.507 e. The largest absolute Gasteiger partial charge is 0.507 e. The highest BCUT2D eigenvalue weighted by Gasteiger charge is 2.49. The molecule has 31 heavy (non-hydrogen) atoms. The number of hydrogen-bond donors (Lipinski definition) is 2. The molecule has 4 heterocycles. The van der Waals surface area contributed by atoms with Crippen LogP contribution in [0.4, 0.5) is 4.39 Å². The van der Waals surface area contributed by atoms with Crippen LogP contribution in [0.15, 0.2) is 49.7 Å². The number of fused-ring (bicyclic) bond motifs is 2. The number of aromatic nitrogens is 5. The monoisotopic (exact) mass is 420 g/mol. The highest BCUT2D eigenvalue weighted by Crippen LogP contribution is 2.43. The second-order valence-corrected chi connectivity index (χ2v) is 8.76. The number of benzene rings is 1. The van der Waals surface area contributed by atoms with Gasteiger partial charge in [0.25, 0.3) is 0 Å². The second kappa shape index (κ2) is 7.53. The Kier molecular flexibility index (Phi) is 4.81. The Balaban J connectivity index is 1.37. The molecule has 1 unspecified atom stereocenters. The molecule has 4 atom stereocenters. The topological polar surface area (TPSA) is 88.8 Å². The molecular weight excluding hydrogens is 395 g/mol. The van der Waals surface area contributed by atoms with Crippen molar-refractivity contribution in [2.45, 2.75) is 50.4 Å². The van der Waals surface area contributed by atoms with Gasteiger partial charge in [0.2, 0.25) is 0 Å². The summed E-state index contributed by atoms with van der Waals surface area (Å²) in [5.74, 6) is 0.0957. The van der Waals surface area contributed by atoms with Crippen LogP contribution in [-0.2, 0) is 0 Å². The van der Waals surface area contributed by atoms with Crippen LogP contribution in [0, 0.1) is 5.92 Å². The van der Waals surface area contributed by atoms with Crippen LogP contribution in [0.2, 0.25) is 0 Å². The van der Waals surface area contributed by atoms with Crippen LogP contribution in [0.1, 0.15) is 38.4 Å². The van der Waals surface area contributed by atoms with E-state index in [0.717, 1.165) is 24.9 Å². The minimum absolute atomic E-state index is 0.0665. The molecule has 8 heteroatoms. The van der Waals surface area contributed by atoms with Gasteiger partial charge in [0, 0.05) is 41.5 Å². The number of phenols is 1. The number of phenolic OH excluding ortho intramolecular Hbond substituents is 1. The molecule has 2 aromatic heterocycles. The van der Waals surface area contributed by atoms with Crippen molar-refractivity contribution >= 4 is 5.57 Å². The van der Waals surface area contributed by atoms with Gasteiger partial charge in [-0.3, -0.25) is 0 Å². The molecule has 0 amide bonds. The lowest BCUT2D eigenvalue weighted by molar-refractivity contribution is 0.0323. The highest BCUT2D eigenvalue weighted by molar-refractivity contribution is 5.68. The Morgan fingerprint density at radius 1 is 1.35 bits per heavy atom. The van der Waals surface area contributed by atoms with E-state index in [1.807, 2.05) is 13.0 Å². The van der Waals surface area contributed by atoms with Gasteiger partial charge >= 0.3 is 0 Å². The van der Waals surface area contributed by atoms with Crippen LogP contribution in [-0.4, -0.2) is 47.6 Å². The van der Waals surface area contributed by atoms with Gasteiger partial charge in [0.15, 0.2) is 5.82 Å². The molecule has 2 saturated heterocycles. The second-order valence-electron chi connectivity index (χ2n) is 8.76. The first-order chi connectivity index (χ1) is 14.9. The summed E-state index contributed by atoms with van der Waals surface area (Å²) in [5.41, 5.74) is 1.81. The van der Waals surface area contributed by atoms with Crippen molar-refractivity contribution < 1.29 is 9.50 Å². The minimum atomic E-state index is -1.04. The molecule has 0 aliphatic carbocycles. The Labute approximate surface area is 180 Å². The lowest BCUT2D eigenvalue weighted by Crippen LogP contribution is -2.63. The van der Waals surface area contributed by atoms with Crippen molar-refractivity contribution in [1.82, 2.24) is 30.0 Å². The molecule has 160 valence electrons. The Morgan fingerprint density at radius 2 is 2.23 bits per heavy atom. The SMILES string of the molecule is C=C(c1ncc(-c2ccc(-n3ccnc3)cc2O)nn1)[C@@H]1CC2CCC[C@](C)(N2)[C@H]1F. The number of alkyl halides is 1. The van der Waals surface area contributed by atoms with E-state index in [4.69, 9.17) is 0 Å². The summed E-state index contributed by atoms with van der Waals surface area (Å²) >= 11 is 0. The summed E-state index contributed by atoms with van der Waals surface area (Å²) in [6.45, 7) is 6.09. The first kappa shape index (κ1) is 19.8. The number of rotatable bonds is 4. The zero-order chi connectivity index (χ0) is 21.6. The zero-order valence-electron chi connectivity index (χ0n) is 17.4. The number of allylic oxidation sites excluding steroid dienone is 1. The fraction of sp³-hybridized carbons (Fsp3) is 0.391. The van der Waals surface area contributed by atoms with E-state index in [1.165, 1.54) is 0 Å². The molecule has 2 N–H and O–H groups in total. The summed E-state index contributed by atoms with van der Waals surface area (Å²) < 4.78 is 17.1. The maximum absolute atomic E-state index is 15.4. The van der Waals surface area contributed by atoms with E-state index in [9.17, 15) is 5.11 Å². The van der Waals surface area contributed by atoms with Crippen LogP contribution < -0.4 is 5.32 Å². The predicted molar refractivity (Wildman–Crippen MR) is 115 cm³/mol. The van der Waals surface area contributed by atoms with Gasteiger partial charge in [-0.25, -0.2) is 14.4 Å². The predicted octanol–water partition coefficient (Wildman–Crippen LogP) is 3.70. The third-order valence-corrected chi connectivity index (χ3v) is 6.64. The third kappa shape index (κ3) is 3.50. The Bertz CT molecular complexity index is 1100. The number of halogens is 1. The van der Waals surface area contributed by atoms with Gasteiger partial charge in [-0.2, -0.15) is 0 Å². The fourth-order valence-electron chi connectivity index (χ4n) is 4.93. The molecule has 2 aliphatic rings. The average molecular weight is 420 g/mol. The average Bonchev–Trinajstić information content (AvgIpc) is 3.31. The highest BCUT2D eigenvalue weighted by atomic mass is 19.1. The summed E-state index contributed by atoms with van der Waals surface area (Å²) in [6.07, 6.45) is 9.24. The van der Waals surface area contributed by atoms with Gasteiger partial charge < -0.3 is 15.0 Å². The zero-order valence-corrected chi connectivity index (χ0v) is 17.4. The normalized spacial score (nSPS) is 27.7. The molecular formula is C23H25FN6O. The summed E-state index contributed by atoms with van der Waals surface area (Å²) in [7, 11) is 0. The Morgan fingerprint density at radius 3 is 2.94 bits per heavy atom. The van der Waals surface area contributed by atoms with Gasteiger partial charge in [-0.15, -0.1) is 10.2 Å². The van der Waals surface area contributed by atoms with Crippen LogP contribution >= 0.6 is 0 Å². The van der Waals surface area contributed by atoms with Gasteiger partial charge in [0.1, 0.15) is 17.6 Å². The molecule has 0 saturated carbocycles. The van der Waals surface area contributed by atoms with Crippen molar-refractivity contribution in [1.29, 1.82) is 0 Å². The van der Waals surface area contributed by atoms with Gasteiger partial charge in [0.05, 0.1) is 18.2 Å². The molecule has 2 fully saturated rings. The molecule has 0 radical (unpaired) electrons. The van der Waals surface area contributed by atoms with Crippen molar-refractivity contribution in [3.05, 3.63) is 55.5 Å². The number of imidazole rings is 1. The maximum Gasteiger partial charge on any atom is 0.177 e. The number of nitrogens with zero attached hydrogens (tertiary/aromatic N) is 5. The Hall–Kier alpha value is -3.13. The maximum atomic E-state index is 15.4. The number of piperidine rings is 2. The van der Waals surface area contributed by atoms with Crippen LogP contribution in [0.5, 0.6) is 5.75 Å². The molecule has 7 nitrogen and oxygen atoms in total. The van der Waals surface area contributed by atoms with E-state index in [1.54, 1.807) is 41.6 Å². The molecule has 3 aromatic rings. The van der Waals surface area contributed by atoms with E-state index in [-0.39, 0.29) is 11.7 Å². The number of hydrogen-bond acceptors (Lipinski definition) is 6. The standard InChI is InChI=1S/C23H25FN6O/c1-14(18-10-15-4-3-7-23(2,27-15)21(18)24)22-26-12-19(28-29-22)17-6-5-16(11-20(17)31)30-9-8-25-13-30/h5-6,8-9,11-13,15,18,21,27,31H,1,3-4,7,10H2,2H3/t15?,18-,21-,23-/m0/s1. The molecule has 2 bridgehead atoms. The van der Waals surface area contributed by atoms with Crippen molar-refractivity contribution in [2.24, 2.45) is 5.92 Å². The molecule has 1 aromatic carbocycles. The summed E-state index contributed by atoms with van der Waals surface area (Å²) in [6, 6.07) is 5.55. The lowest BCUT2D eigenvalue weighted by Gasteiger charge is -2.50. The number of aromatic hydroxyl groups is 1. The van der Waals surface area contributed by atoms with E-state index >= 15 is 4.39 Å². The molecule has 0 spiro atoms. The third-order valence-electron chi connectivity index (χ3n) is 6.64. The lowest BCUT2D eigenvalue weighted by atomic mass is 9.69. The smallest absolute Gasteiger partial charge is 0.177 e. The summed E-state index contributed by atoms with van der Waals surface area (Å²) in [4.78, 5) is 8.42. The van der Waals surface area contributed by atoms with Crippen LogP contribution in [0.3, 0.4) is 0 Å². The van der Waals surface area contributed by atoms with E-state index < -0.39 is 11.7 Å². The molecule has 5 rings (SSSR count). The fourth-order valence-corrected chi connectivity index (χ4v) is 4.93.